The van der Waals surface area contributed by atoms with Gasteiger partial charge in [-0.25, -0.2) is 0 Å². The molecular formula is C34H37N3O5S. The van der Waals surface area contributed by atoms with E-state index in [2.05, 4.69) is 10.6 Å². The van der Waals surface area contributed by atoms with E-state index in [-0.39, 0.29) is 29.6 Å². The maximum atomic E-state index is 14.6. The molecule has 2 bridgehead atoms. The Morgan fingerprint density at radius 1 is 1.00 bits per heavy atom. The number of aliphatic hydroxyl groups excluding tert-OH is 1. The number of hydrogen-bond donors (Lipinski definition) is 3. The minimum absolute atomic E-state index is 0.0846. The minimum Gasteiger partial charge on any atom is -0.494 e. The first kappa shape index (κ1) is 29.3. The Balaban J connectivity index is 1.37. The zero-order valence-corrected chi connectivity index (χ0v) is 25.4. The van der Waals surface area contributed by atoms with Crippen LogP contribution in [0.4, 0.5) is 11.4 Å². The molecule has 3 aromatic carbocycles. The molecule has 3 fully saturated rings. The molecule has 0 saturated carbocycles. The van der Waals surface area contributed by atoms with Gasteiger partial charge in [0.15, 0.2) is 0 Å². The van der Waals surface area contributed by atoms with Gasteiger partial charge in [0.1, 0.15) is 11.8 Å². The van der Waals surface area contributed by atoms with Crippen LogP contribution in [0.3, 0.4) is 0 Å². The lowest BCUT2D eigenvalue weighted by molar-refractivity contribution is -0.141. The highest BCUT2D eigenvalue weighted by Crippen LogP contribution is 2.67. The molecule has 3 heterocycles. The van der Waals surface area contributed by atoms with Crippen LogP contribution in [0, 0.1) is 25.7 Å². The maximum absolute atomic E-state index is 14.6. The van der Waals surface area contributed by atoms with Crippen molar-refractivity contribution in [3.63, 3.8) is 0 Å². The fourth-order valence-electron chi connectivity index (χ4n) is 7.29. The van der Waals surface area contributed by atoms with E-state index < -0.39 is 28.7 Å². The molecule has 3 aromatic rings. The summed E-state index contributed by atoms with van der Waals surface area (Å²) in [5, 5.41) is 16.8. The molecule has 3 N–H and O–H groups in total. The number of fused-ring (bicyclic) bond motifs is 1. The molecule has 0 aliphatic carbocycles. The second-order valence-electron chi connectivity index (χ2n) is 11.6. The number of hydrogen-bond acceptors (Lipinski definition) is 6. The molecule has 6 atom stereocenters. The summed E-state index contributed by atoms with van der Waals surface area (Å²) in [4.78, 5) is 44.4. The predicted octanol–water partition coefficient (Wildman–Crippen LogP) is 5.10. The molecule has 3 amide bonds. The smallest absolute Gasteiger partial charge is 0.248 e. The van der Waals surface area contributed by atoms with Crippen molar-refractivity contribution >= 4 is 40.9 Å². The SMILES string of the molecule is CCOc1ccc(NC(=O)[C@@H]2[C@H]3C(=O)N([C@H](CO)c4ccccc4)C(C(=O)Nc4c(C)cccc4C)C34CC[C@H]2S4)cc1. The summed E-state index contributed by atoms with van der Waals surface area (Å²) in [7, 11) is 0. The number of amides is 3. The third kappa shape index (κ3) is 4.98. The zero-order chi connectivity index (χ0) is 30.3. The average Bonchev–Trinajstić information content (AvgIpc) is 3.65. The Kier molecular flexibility index (Phi) is 7.96. The van der Waals surface area contributed by atoms with Crippen LogP contribution in [0.25, 0.3) is 0 Å². The molecule has 43 heavy (non-hydrogen) atoms. The Morgan fingerprint density at radius 3 is 2.35 bits per heavy atom. The standard InChI is InChI=1S/C34H37N3O5S/c1-4-42-24-15-13-23(14-16-24)35-31(39)27-26-17-18-34(43-26)28(27)33(41)37(25(19-38)22-11-6-5-7-12-22)30(34)32(40)36-29-20(2)9-8-10-21(29)3/h5-16,25-28,30,38H,4,17-19H2,1-3H3,(H,35,39)(H,36,40)/t25-,26-,27+,28+,30?,34?/m1/s1. The molecule has 3 aliphatic heterocycles. The van der Waals surface area contributed by atoms with Crippen molar-refractivity contribution in [3.8, 4) is 5.75 Å². The summed E-state index contributed by atoms with van der Waals surface area (Å²) in [5.41, 5.74) is 3.95. The van der Waals surface area contributed by atoms with Crippen LogP contribution in [0.15, 0.2) is 72.8 Å². The summed E-state index contributed by atoms with van der Waals surface area (Å²) in [6.07, 6.45) is 1.37. The van der Waals surface area contributed by atoms with E-state index in [1.54, 1.807) is 40.9 Å². The van der Waals surface area contributed by atoms with E-state index in [1.165, 1.54) is 0 Å². The molecule has 3 saturated heterocycles. The lowest BCUT2D eigenvalue weighted by Crippen LogP contribution is -2.52. The Morgan fingerprint density at radius 2 is 1.70 bits per heavy atom. The fourth-order valence-corrected chi connectivity index (χ4v) is 9.49. The van der Waals surface area contributed by atoms with Crippen molar-refractivity contribution in [3.05, 3.63) is 89.5 Å². The van der Waals surface area contributed by atoms with Crippen LogP contribution in [0.1, 0.15) is 42.5 Å². The molecular weight excluding hydrogens is 562 g/mol. The van der Waals surface area contributed by atoms with E-state index in [0.29, 0.717) is 24.5 Å². The summed E-state index contributed by atoms with van der Waals surface area (Å²) >= 11 is 1.61. The third-order valence-corrected chi connectivity index (χ3v) is 11.1. The highest BCUT2D eigenvalue weighted by molar-refractivity contribution is 8.02. The quantitative estimate of drug-likeness (QED) is 0.316. The van der Waals surface area contributed by atoms with E-state index in [0.717, 1.165) is 28.8 Å². The molecule has 9 heteroatoms. The van der Waals surface area contributed by atoms with Gasteiger partial charge in [0, 0.05) is 16.6 Å². The van der Waals surface area contributed by atoms with Crippen molar-refractivity contribution in [2.45, 2.75) is 55.7 Å². The first-order valence-corrected chi connectivity index (χ1v) is 15.7. The van der Waals surface area contributed by atoms with Crippen molar-refractivity contribution in [2.75, 3.05) is 23.8 Å². The average molecular weight is 600 g/mol. The van der Waals surface area contributed by atoms with Crippen molar-refractivity contribution in [1.29, 1.82) is 0 Å². The molecule has 0 radical (unpaired) electrons. The van der Waals surface area contributed by atoms with Gasteiger partial charge in [-0.3, -0.25) is 14.4 Å². The number of rotatable bonds is 9. The lowest BCUT2D eigenvalue weighted by atomic mass is 9.70. The summed E-state index contributed by atoms with van der Waals surface area (Å²) in [6.45, 7) is 6.00. The van der Waals surface area contributed by atoms with Crippen molar-refractivity contribution in [1.82, 2.24) is 4.90 Å². The second-order valence-corrected chi connectivity index (χ2v) is 13.2. The number of ether oxygens (including phenoxy) is 1. The van der Waals surface area contributed by atoms with E-state index in [9.17, 15) is 19.5 Å². The number of carbonyl (C=O) groups is 3. The lowest BCUT2D eigenvalue weighted by Gasteiger charge is -2.37. The molecule has 3 aliphatic rings. The van der Waals surface area contributed by atoms with Crippen molar-refractivity contribution in [2.24, 2.45) is 11.8 Å². The molecule has 0 aromatic heterocycles. The number of likely N-dealkylation sites (tertiary alicyclic amines) is 1. The van der Waals surface area contributed by atoms with E-state index >= 15 is 0 Å². The van der Waals surface area contributed by atoms with Crippen molar-refractivity contribution < 1.29 is 24.2 Å². The van der Waals surface area contributed by atoms with Crippen LogP contribution >= 0.6 is 11.8 Å². The molecule has 8 nitrogen and oxygen atoms in total. The summed E-state index contributed by atoms with van der Waals surface area (Å²) in [5.74, 6) is -1.35. The number of carbonyl (C=O) groups excluding carboxylic acids is 3. The van der Waals surface area contributed by atoms with Gasteiger partial charge in [-0.2, -0.15) is 0 Å². The molecule has 6 rings (SSSR count). The maximum Gasteiger partial charge on any atom is 0.248 e. The van der Waals surface area contributed by atoms with Crippen LogP contribution < -0.4 is 15.4 Å². The van der Waals surface area contributed by atoms with Gasteiger partial charge >= 0.3 is 0 Å². The number of anilines is 2. The van der Waals surface area contributed by atoms with Gasteiger partial charge in [-0.1, -0.05) is 48.5 Å². The van der Waals surface area contributed by atoms with Crippen LogP contribution in [0.5, 0.6) is 5.75 Å². The fraction of sp³-hybridized carbons (Fsp3) is 0.382. The van der Waals surface area contributed by atoms with Gasteiger partial charge in [-0.15, -0.1) is 11.8 Å². The van der Waals surface area contributed by atoms with Gasteiger partial charge in [0.2, 0.25) is 17.7 Å². The number of nitrogens with zero attached hydrogens (tertiary/aromatic N) is 1. The number of nitrogens with one attached hydrogen (secondary N) is 2. The van der Waals surface area contributed by atoms with Gasteiger partial charge in [-0.05, 0) is 74.6 Å². The van der Waals surface area contributed by atoms with E-state index in [4.69, 9.17) is 4.74 Å². The van der Waals surface area contributed by atoms with Gasteiger partial charge in [0.05, 0.1) is 35.8 Å². The van der Waals surface area contributed by atoms with Gasteiger partial charge < -0.3 is 25.4 Å². The number of aryl methyl sites for hydroxylation is 2. The monoisotopic (exact) mass is 599 g/mol. The highest BCUT2D eigenvalue weighted by Gasteiger charge is 2.74. The zero-order valence-electron chi connectivity index (χ0n) is 24.6. The Labute approximate surface area is 256 Å². The van der Waals surface area contributed by atoms with E-state index in [1.807, 2.05) is 69.3 Å². The Hall–Kier alpha value is -3.82. The largest absolute Gasteiger partial charge is 0.494 e. The number of thioether (sulfide) groups is 1. The molecule has 2 unspecified atom stereocenters. The first-order valence-electron chi connectivity index (χ1n) is 14.9. The van der Waals surface area contributed by atoms with Crippen LogP contribution in [-0.4, -0.2) is 57.0 Å². The summed E-state index contributed by atoms with van der Waals surface area (Å²) < 4.78 is 4.74. The van der Waals surface area contributed by atoms with Gasteiger partial charge in [0.25, 0.3) is 0 Å². The number of benzene rings is 3. The second kappa shape index (κ2) is 11.7. The summed E-state index contributed by atoms with van der Waals surface area (Å²) in [6, 6.07) is 20.8. The number of para-hydroxylation sites is 1. The number of aliphatic hydroxyl groups is 1. The normalized spacial score (nSPS) is 26.2. The van der Waals surface area contributed by atoms with Crippen LogP contribution in [-0.2, 0) is 14.4 Å². The minimum atomic E-state index is -0.861. The predicted molar refractivity (Wildman–Crippen MR) is 168 cm³/mol. The first-order chi connectivity index (χ1) is 20.8. The third-order valence-electron chi connectivity index (χ3n) is 9.14. The Bertz CT molecular complexity index is 1510. The van der Waals surface area contributed by atoms with Crippen LogP contribution in [0.2, 0.25) is 0 Å². The topological polar surface area (TPSA) is 108 Å². The highest BCUT2D eigenvalue weighted by atomic mass is 32.2. The molecule has 224 valence electrons. The molecule has 1 spiro atoms.